The molecule has 9 heteroatoms. The molecule has 2 aromatic heterocycles. The second-order valence-electron chi connectivity index (χ2n) is 5.51. The highest BCUT2D eigenvalue weighted by Crippen LogP contribution is 2.33. The van der Waals surface area contributed by atoms with Crippen LogP contribution in [-0.4, -0.2) is 47.1 Å². The summed E-state index contributed by atoms with van der Waals surface area (Å²) in [6.07, 6.45) is 6.78. The van der Waals surface area contributed by atoms with Gasteiger partial charge in [0.1, 0.15) is 0 Å². The van der Waals surface area contributed by atoms with Crippen LogP contribution in [0.2, 0.25) is 0 Å². The molecule has 1 aliphatic rings. The Kier molecular flexibility index (Phi) is 3.99. The lowest BCUT2D eigenvalue weighted by atomic mass is 10.1. The second kappa shape index (κ2) is 5.82. The number of nitrogens with zero attached hydrogens (tertiary/aromatic N) is 2. The summed E-state index contributed by atoms with van der Waals surface area (Å²) in [6.45, 7) is 0.271. The maximum atomic E-state index is 11.4. The molecule has 2 N–H and O–H groups in total. The number of aryl methyl sites for hydroxylation is 2. The number of hydrogen-bond donors (Lipinski definition) is 2. The Labute approximate surface area is 133 Å². The average molecular weight is 339 g/mol. The number of rotatable bonds is 5. The Morgan fingerprint density at radius 3 is 2.96 bits per heavy atom. The van der Waals surface area contributed by atoms with Crippen LogP contribution in [0.15, 0.2) is 12.4 Å². The lowest BCUT2D eigenvalue weighted by Crippen LogP contribution is -2.11. The molecule has 8 nitrogen and oxygen atoms in total. The molecule has 2 heterocycles. The molecule has 0 saturated carbocycles. The molecular weight excluding hydrogens is 322 g/mol. The molecule has 0 unspecified atom stereocenters. The molecule has 0 bridgehead atoms. The Bertz CT molecular complexity index is 850. The summed E-state index contributed by atoms with van der Waals surface area (Å²) >= 11 is 0. The van der Waals surface area contributed by atoms with Crippen LogP contribution in [0.25, 0.3) is 11.3 Å². The Morgan fingerprint density at radius 1 is 1.48 bits per heavy atom. The molecule has 0 amide bonds. The van der Waals surface area contributed by atoms with Crippen molar-refractivity contribution < 1.29 is 22.5 Å². The van der Waals surface area contributed by atoms with E-state index in [0.29, 0.717) is 11.3 Å². The van der Waals surface area contributed by atoms with Gasteiger partial charge in [-0.2, -0.15) is 13.5 Å². The zero-order valence-corrected chi connectivity index (χ0v) is 13.4. The van der Waals surface area contributed by atoms with Gasteiger partial charge in [0.25, 0.3) is 10.1 Å². The number of H-pyrrole nitrogens is 1. The summed E-state index contributed by atoms with van der Waals surface area (Å²) in [5.74, 6) is -0.995. The van der Waals surface area contributed by atoms with Crippen LogP contribution in [0.5, 0.6) is 0 Å². The molecule has 0 spiro atoms. The molecule has 1 aliphatic carbocycles. The summed E-state index contributed by atoms with van der Waals surface area (Å²) < 4.78 is 28.3. The summed E-state index contributed by atoms with van der Waals surface area (Å²) in [5.41, 5.74) is 3.33. The van der Waals surface area contributed by atoms with Crippen LogP contribution in [0.4, 0.5) is 0 Å². The van der Waals surface area contributed by atoms with Crippen molar-refractivity contribution >= 4 is 16.1 Å². The molecule has 0 radical (unpaired) electrons. The van der Waals surface area contributed by atoms with E-state index in [9.17, 15) is 18.3 Å². The summed E-state index contributed by atoms with van der Waals surface area (Å²) in [6, 6.07) is 0. The van der Waals surface area contributed by atoms with Gasteiger partial charge in [0.2, 0.25) is 0 Å². The van der Waals surface area contributed by atoms with Crippen molar-refractivity contribution in [1.82, 2.24) is 14.8 Å². The topological polar surface area (TPSA) is 114 Å². The van der Waals surface area contributed by atoms with E-state index in [1.54, 1.807) is 4.68 Å². The van der Waals surface area contributed by atoms with E-state index >= 15 is 0 Å². The van der Waals surface area contributed by atoms with Crippen molar-refractivity contribution in [3.05, 3.63) is 29.2 Å². The molecule has 0 aliphatic heterocycles. The fourth-order valence-electron chi connectivity index (χ4n) is 2.81. The number of nitrogens with one attached hydrogen (secondary N) is 1. The maximum absolute atomic E-state index is 11.4. The van der Waals surface area contributed by atoms with Crippen molar-refractivity contribution in [1.29, 1.82) is 0 Å². The van der Waals surface area contributed by atoms with Crippen molar-refractivity contribution in [2.75, 3.05) is 12.9 Å². The first-order valence-corrected chi connectivity index (χ1v) is 9.01. The maximum Gasteiger partial charge on any atom is 0.337 e. The lowest BCUT2D eigenvalue weighted by molar-refractivity contribution is 0.0698. The van der Waals surface area contributed by atoms with Gasteiger partial charge < -0.3 is 10.1 Å². The van der Waals surface area contributed by atoms with E-state index < -0.39 is 16.1 Å². The van der Waals surface area contributed by atoms with Gasteiger partial charge >= 0.3 is 5.97 Å². The predicted octanol–water partition coefficient (Wildman–Crippen LogP) is 1.04. The van der Waals surface area contributed by atoms with Gasteiger partial charge in [-0.1, -0.05) is 0 Å². The van der Waals surface area contributed by atoms with E-state index in [-0.39, 0.29) is 18.7 Å². The number of carboxylic acid groups (broad SMARTS) is 1. The van der Waals surface area contributed by atoms with Gasteiger partial charge in [-0.05, 0) is 24.8 Å². The van der Waals surface area contributed by atoms with E-state index in [1.807, 2.05) is 6.20 Å². The molecule has 0 aromatic carbocycles. The molecule has 0 saturated heterocycles. The molecule has 3 rings (SSSR count). The van der Waals surface area contributed by atoms with Gasteiger partial charge in [-0.15, -0.1) is 0 Å². The highest BCUT2D eigenvalue weighted by molar-refractivity contribution is 7.85. The third kappa shape index (κ3) is 3.30. The number of aromatic amines is 1. The monoisotopic (exact) mass is 339 g/mol. The molecular formula is C14H17N3O5S. The summed E-state index contributed by atoms with van der Waals surface area (Å²) in [5, 5.41) is 13.8. The first-order chi connectivity index (χ1) is 10.8. The predicted molar refractivity (Wildman–Crippen MR) is 81.8 cm³/mol. The highest BCUT2D eigenvalue weighted by atomic mass is 32.2. The van der Waals surface area contributed by atoms with Crippen LogP contribution in [-0.2, 0) is 33.7 Å². The molecule has 23 heavy (non-hydrogen) atoms. The second-order valence-corrected chi connectivity index (χ2v) is 7.15. The summed E-state index contributed by atoms with van der Waals surface area (Å²) in [7, 11) is -3.48. The van der Waals surface area contributed by atoms with Crippen LogP contribution in [0, 0.1) is 0 Å². The van der Waals surface area contributed by atoms with Gasteiger partial charge in [0.15, 0.2) is 0 Å². The number of aromatic nitrogens is 3. The summed E-state index contributed by atoms with van der Waals surface area (Å²) in [4.78, 5) is 14.4. The van der Waals surface area contributed by atoms with Crippen molar-refractivity contribution in [3.63, 3.8) is 0 Å². The van der Waals surface area contributed by atoms with Crippen LogP contribution >= 0.6 is 0 Å². The van der Waals surface area contributed by atoms with E-state index in [2.05, 4.69) is 10.1 Å². The largest absolute Gasteiger partial charge is 0.478 e. The minimum absolute atomic E-state index is 0.00875. The lowest BCUT2D eigenvalue weighted by Gasteiger charge is -2.03. The van der Waals surface area contributed by atoms with Gasteiger partial charge in [0, 0.05) is 23.7 Å². The number of carboxylic acids is 1. The fraction of sp³-hybridized carbons (Fsp3) is 0.429. The smallest absolute Gasteiger partial charge is 0.337 e. The quantitative estimate of drug-likeness (QED) is 0.787. The Balaban J connectivity index is 1.92. The Morgan fingerprint density at radius 2 is 2.26 bits per heavy atom. The zero-order valence-electron chi connectivity index (χ0n) is 12.6. The van der Waals surface area contributed by atoms with Gasteiger partial charge in [-0.25, -0.2) is 4.79 Å². The normalized spacial score (nSPS) is 14.1. The third-order valence-corrected chi connectivity index (χ3v) is 4.35. The zero-order chi connectivity index (χ0) is 16.6. The van der Waals surface area contributed by atoms with Crippen LogP contribution in [0.3, 0.4) is 0 Å². The SMILES string of the molecule is CS(=O)(=O)OCCn1cc2c(n1)-c1c(C(=O)O)c[nH]c1CCC2. The standard InChI is InChI=1S/C14H17N3O5S/c1-23(20,21)22-6-5-17-8-9-3-2-4-11-12(13(9)16-17)10(7-15-11)14(18)19/h7-8,15H,2-6H2,1H3,(H,18,19). The van der Waals surface area contributed by atoms with E-state index in [0.717, 1.165) is 36.8 Å². The van der Waals surface area contributed by atoms with Crippen molar-refractivity contribution in [3.8, 4) is 11.3 Å². The number of carbonyl (C=O) groups is 1. The van der Waals surface area contributed by atoms with E-state index in [4.69, 9.17) is 4.18 Å². The molecule has 0 fully saturated rings. The van der Waals surface area contributed by atoms with E-state index in [1.165, 1.54) is 6.20 Å². The van der Waals surface area contributed by atoms with Crippen molar-refractivity contribution in [2.45, 2.75) is 25.8 Å². The Hall–Kier alpha value is -2.13. The number of fused-ring (bicyclic) bond motifs is 3. The average Bonchev–Trinajstić information content (AvgIpc) is 2.98. The molecule has 0 atom stereocenters. The molecule has 2 aromatic rings. The third-order valence-electron chi connectivity index (χ3n) is 3.76. The van der Waals surface area contributed by atoms with Gasteiger partial charge in [0.05, 0.1) is 30.7 Å². The minimum atomic E-state index is -3.48. The number of hydrogen-bond acceptors (Lipinski definition) is 5. The number of aromatic carboxylic acids is 1. The fourth-order valence-corrected chi connectivity index (χ4v) is 3.19. The first kappa shape index (κ1) is 15.8. The highest BCUT2D eigenvalue weighted by Gasteiger charge is 2.25. The molecule has 124 valence electrons. The van der Waals surface area contributed by atoms with Crippen molar-refractivity contribution in [2.24, 2.45) is 0 Å². The van der Waals surface area contributed by atoms with Crippen LogP contribution in [0.1, 0.15) is 28.0 Å². The first-order valence-electron chi connectivity index (χ1n) is 7.20. The minimum Gasteiger partial charge on any atom is -0.478 e. The van der Waals surface area contributed by atoms with Crippen LogP contribution < -0.4 is 0 Å². The van der Waals surface area contributed by atoms with Gasteiger partial charge in [-0.3, -0.25) is 8.86 Å².